The van der Waals surface area contributed by atoms with Crippen molar-refractivity contribution < 1.29 is 19.8 Å². The number of aliphatic hydroxyl groups excluding tert-OH is 1. The van der Waals surface area contributed by atoms with Crippen molar-refractivity contribution >= 4 is 46.2 Å². The van der Waals surface area contributed by atoms with Crippen LogP contribution in [-0.2, 0) is 4.79 Å². The average molecular weight is 480 g/mol. The summed E-state index contributed by atoms with van der Waals surface area (Å²) < 4.78 is 0.540. The number of carboxylic acid groups (broad SMARTS) is 1. The van der Waals surface area contributed by atoms with Crippen molar-refractivity contribution in [3.05, 3.63) is 45.6 Å². The van der Waals surface area contributed by atoms with Gasteiger partial charge < -0.3 is 25.7 Å². The molecule has 1 aliphatic rings. The molecule has 2 atom stereocenters. The molecule has 4 N–H and O–H groups in total. The van der Waals surface area contributed by atoms with Crippen molar-refractivity contribution in [2.45, 2.75) is 45.3 Å². The van der Waals surface area contributed by atoms with Crippen LogP contribution in [0, 0.1) is 5.41 Å². The summed E-state index contributed by atoms with van der Waals surface area (Å²) in [5.41, 5.74) is 0.311. The molecule has 1 aliphatic heterocycles. The van der Waals surface area contributed by atoms with Gasteiger partial charge in [0.15, 0.2) is 0 Å². The molecule has 2 heterocycles. The second kappa shape index (κ2) is 9.68. The summed E-state index contributed by atoms with van der Waals surface area (Å²) >= 11 is 7.03. The predicted molar refractivity (Wildman–Crippen MR) is 129 cm³/mol. The molecule has 2 aromatic rings. The smallest absolute Gasteiger partial charge is 0.330 e. The van der Waals surface area contributed by atoms with Crippen molar-refractivity contribution in [2.75, 3.05) is 29.9 Å². The molecule has 9 heteroatoms. The Kier molecular flexibility index (Phi) is 7.37. The number of rotatable bonds is 8. The molecule has 1 aromatic carbocycles. The Morgan fingerprint density at radius 2 is 1.88 bits per heavy atom. The number of thiophene rings is 1. The van der Waals surface area contributed by atoms with Crippen LogP contribution < -0.4 is 15.5 Å². The van der Waals surface area contributed by atoms with E-state index in [1.54, 1.807) is 12.1 Å². The highest BCUT2D eigenvalue weighted by atomic mass is 35.5. The molecule has 1 aromatic heterocycles. The van der Waals surface area contributed by atoms with E-state index in [4.69, 9.17) is 11.6 Å². The second-order valence-electron chi connectivity index (χ2n) is 9.07. The van der Waals surface area contributed by atoms with Gasteiger partial charge in [-0.25, -0.2) is 4.79 Å². The summed E-state index contributed by atoms with van der Waals surface area (Å²) in [6.45, 7) is 6.99. The zero-order valence-electron chi connectivity index (χ0n) is 18.5. The van der Waals surface area contributed by atoms with Crippen LogP contribution in [0.15, 0.2) is 36.4 Å². The lowest BCUT2D eigenvalue weighted by molar-refractivity contribution is -0.147. The summed E-state index contributed by atoms with van der Waals surface area (Å²) in [6, 6.07) is 10.9. The fourth-order valence-electron chi connectivity index (χ4n) is 4.29. The number of aliphatic carboxylic acids is 1. The first-order chi connectivity index (χ1) is 15.0. The Labute approximate surface area is 197 Å². The average Bonchev–Trinajstić information content (AvgIpc) is 3.38. The Morgan fingerprint density at radius 3 is 2.44 bits per heavy atom. The third-order valence-electron chi connectivity index (χ3n) is 5.99. The number of hydrogen-bond acceptors (Lipinski definition) is 6. The second-order valence-corrected chi connectivity index (χ2v) is 10.8. The van der Waals surface area contributed by atoms with E-state index in [0.717, 1.165) is 17.8 Å². The van der Waals surface area contributed by atoms with Crippen LogP contribution in [-0.4, -0.2) is 53.4 Å². The molecule has 0 spiro atoms. The maximum Gasteiger partial charge on any atom is 0.330 e. The molecule has 1 fully saturated rings. The van der Waals surface area contributed by atoms with Crippen LogP contribution in [0.3, 0.4) is 0 Å². The van der Waals surface area contributed by atoms with Crippen LogP contribution >= 0.6 is 22.9 Å². The van der Waals surface area contributed by atoms with Gasteiger partial charge in [-0.05, 0) is 54.7 Å². The van der Waals surface area contributed by atoms with Gasteiger partial charge in [0, 0.05) is 31.0 Å². The number of benzene rings is 1. The minimum atomic E-state index is -0.941. The van der Waals surface area contributed by atoms with Crippen molar-refractivity contribution in [3.63, 3.8) is 0 Å². The molecule has 0 radical (unpaired) electrons. The number of halogens is 1. The monoisotopic (exact) mass is 479 g/mol. The molecule has 3 rings (SSSR count). The van der Waals surface area contributed by atoms with E-state index in [1.165, 1.54) is 11.3 Å². The topological polar surface area (TPSA) is 102 Å². The van der Waals surface area contributed by atoms with Gasteiger partial charge >= 0.3 is 5.97 Å². The van der Waals surface area contributed by atoms with Crippen LogP contribution in [0.4, 0.5) is 11.4 Å². The SMILES string of the molecule is CC(C)(C)[C@@]1(C(=O)O)CCCN1c1ccc(NCC(O)CNC(=O)c2ccc(Cl)s2)cc1. The molecule has 7 nitrogen and oxygen atoms in total. The maximum absolute atomic E-state index is 12.3. The van der Waals surface area contributed by atoms with Gasteiger partial charge in [-0.15, -0.1) is 11.3 Å². The van der Waals surface area contributed by atoms with E-state index >= 15 is 0 Å². The lowest BCUT2D eigenvalue weighted by Gasteiger charge is -2.45. The standard InChI is InChI=1S/C23H30ClN3O4S/c1-22(2,3)23(21(30)31)11-4-12-27(23)16-7-5-15(6-8-16)25-13-17(28)14-26-20(29)18-9-10-19(24)32-18/h5-10,17,25,28H,4,11-14H2,1-3H3,(H,26,29)(H,30,31)/t17?,23-/m0/s1. The Hall–Kier alpha value is -2.29. The minimum absolute atomic E-state index is 0.111. The third kappa shape index (κ3) is 5.03. The number of carbonyl (C=O) groups excluding carboxylic acids is 1. The summed E-state index contributed by atoms with van der Waals surface area (Å²) in [6.07, 6.45) is 0.675. The zero-order valence-corrected chi connectivity index (χ0v) is 20.1. The van der Waals surface area contributed by atoms with Crippen LogP contribution in [0.1, 0.15) is 43.3 Å². The number of nitrogens with zero attached hydrogens (tertiary/aromatic N) is 1. The van der Waals surface area contributed by atoms with E-state index in [9.17, 15) is 19.8 Å². The predicted octanol–water partition coefficient (Wildman–Crippen LogP) is 4.07. The fraction of sp³-hybridized carbons (Fsp3) is 0.478. The highest BCUT2D eigenvalue weighted by Gasteiger charge is 2.55. The quantitative estimate of drug-likeness (QED) is 0.455. The molecule has 1 amide bonds. The zero-order chi connectivity index (χ0) is 23.5. The van der Waals surface area contributed by atoms with Gasteiger partial charge in [0.1, 0.15) is 5.54 Å². The van der Waals surface area contributed by atoms with Gasteiger partial charge in [-0.2, -0.15) is 0 Å². The molecule has 0 saturated carbocycles. The Balaban J connectivity index is 1.56. The first-order valence-electron chi connectivity index (χ1n) is 10.6. The van der Waals surface area contributed by atoms with Crippen molar-refractivity contribution in [1.29, 1.82) is 0 Å². The number of nitrogens with one attached hydrogen (secondary N) is 2. The highest BCUT2D eigenvalue weighted by Crippen LogP contribution is 2.46. The molecule has 0 bridgehead atoms. The van der Waals surface area contributed by atoms with Crippen molar-refractivity contribution in [1.82, 2.24) is 5.32 Å². The molecular formula is C23H30ClN3O4S. The summed E-state index contributed by atoms with van der Waals surface area (Å²) in [4.78, 5) is 26.8. The van der Waals surface area contributed by atoms with Crippen LogP contribution in [0.2, 0.25) is 4.34 Å². The summed E-state index contributed by atoms with van der Waals surface area (Å²) in [7, 11) is 0. The van der Waals surface area contributed by atoms with E-state index in [-0.39, 0.29) is 19.0 Å². The normalized spacial score (nSPS) is 19.6. The number of carbonyl (C=O) groups is 2. The van der Waals surface area contributed by atoms with Gasteiger partial charge in [0.05, 0.1) is 15.3 Å². The lowest BCUT2D eigenvalue weighted by Crippen LogP contribution is -2.59. The summed E-state index contributed by atoms with van der Waals surface area (Å²) in [5, 5.41) is 26.1. The van der Waals surface area contributed by atoms with E-state index in [1.807, 2.05) is 49.9 Å². The Bertz CT molecular complexity index is 957. The maximum atomic E-state index is 12.3. The van der Waals surface area contributed by atoms with Gasteiger partial charge in [0.25, 0.3) is 5.91 Å². The first-order valence-corrected chi connectivity index (χ1v) is 11.8. The number of anilines is 2. The van der Waals surface area contributed by atoms with Crippen LogP contribution in [0.5, 0.6) is 0 Å². The van der Waals surface area contributed by atoms with Crippen molar-refractivity contribution in [2.24, 2.45) is 5.41 Å². The number of aliphatic hydroxyl groups is 1. The number of hydrogen-bond donors (Lipinski definition) is 4. The van der Waals surface area contributed by atoms with Crippen LogP contribution in [0.25, 0.3) is 0 Å². The molecule has 32 heavy (non-hydrogen) atoms. The van der Waals surface area contributed by atoms with Gasteiger partial charge in [-0.1, -0.05) is 32.4 Å². The molecule has 1 saturated heterocycles. The minimum Gasteiger partial charge on any atom is -0.479 e. The summed E-state index contributed by atoms with van der Waals surface area (Å²) in [5.74, 6) is -1.06. The van der Waals surface area contributed by atoms with E-state index < -0.39 is 23.0 Å². The van der Waals surface area contributed by atoms with Crippen molar-refractivity contribution in [3.8, 4) is 0 Å². The van der Waals surface area contributed by atoms with Gasteiger partial charge in [0.2, 0.25) is 0 Å². The third-order valence-corrected chi connectivity index (χ3v) is 7.22. The molecule has 0 aliphatic carbocycles. The lowest BCUT2D eigenvalue weighted by atomic mass is 9.71. The van der Waals surface area contributed by atoms with E-state index in [2.05, 4.69) is 10.6 Å². The number of carboxylic acids is 1. The number of amides is 1. The molecule has 1 unspecified atom stereocenters. The highest BCUT2D eigenvalue weighted by molar-refractivity contribution is 7.18. The largest absolute Gasteiger partial charge is 0.479 e. The van der Waals surface area contributed by atoms with Gasteiger partial charge in [-0.3, -0.25) is 4.79 Å². The fourth-order valence-corrected chi connectivity index (χ4v) is 5.25. The Morgan fingerprint density at radius 1 is 1.19 bits per heavy atom. The van der Waals surface area contributed by atoms with E-state index in [0.29, 0.717) is 22.2 Å². The first kappa shape index (κ1) is 24.4. The molecular weight excluding hydrogens is 450 g/mol. The molecule has 174 valence electrons.